The maximum Gasteiger partial charge on any atom is 0.330 e. The Balaban J connectivity index is 2.21. The predicted octanol–water partition coefficient (Wildman–Crippen LogP) is 0.735. The highest BCUT2D eigenvalue weighted by molar-refractivity contribution is 5.27. The maximum atomic E-state index is 5.47. The van der Waals surface area contributed by atoms with Crippen molar-refractivity contribution in [3.05, 3.63) is 12.4 Å². The van der Waals surface area contributed by atoms with Gasteiger partial charge >= 0.3 is 12.0 Å². The summed E-state index contributed by atoms with van der Waals surface area (Å²) in [7, 11) is 1.44. The van der Waals surface area contributed by atoms with Crippen molar-refractivity contribution in [1.29, 1.82) is 0 Å². The first-order valence-corrected chi connectivity index (χ1v) is 5.61. The highest BCUT2D eigenvalue weighted by Crippen LogP contribution is 2.20. The molecule has 0 saturated carbocycles. The van der Waals surface area contributed by atoms with Crippen LogP contribution in [-0.2, 0) is 0 Å². The molecule has 19 heavy (non-hydrogen) atoms. The van der Waals surface area contributed by atoms with Crippen molar-refractivity contribution in [2.45, 2.75) is 19.9 Å². The van der Waals surface area contributed by atoms with E-state index in [-0.39, 0.29) is 24.0 Å². The van der Waals surface area contributed by atoms with Crippen LogP contribution in [-0.4, -0.2) is 31.8 Å². The van der Waals surface area contributed by atoms with Crippen LogP contribution in [0.5, 0.6) is 17.8 Å². The molecule has 0 unspecified atom stereocenters. The Hall–Kier alpha value is -2.42. The molecule has 2 aromatic rings. The fraction of sp³-hybridized carbons (Fsp3) is 0.400. The summed E-state index contributed by atoms with van der Waals surface area (Å²) in [5.74, 6) is 5.92. The van der Waals surface area contributed by atoms with Crippen molar-refractivity contribution in [2.75, 3.05) is 12.5 Å². The average molecular weight is 265 g/mol. The number of nitrogens with zero attached hydrogens (tertiary/aromatic N) is 5. The van der Waals surface area contributed by atoms with Crippen molar-refractivity contribution in [1.82, 2.24) is 24.7 Å². The fourth-order valence-corrected chi connectivity index (χ4v) is 1.30. The number of methoxy groups -OCH3 is 1. The van der Waals surface area contributed by atoms with Crippen LogP contribution in [0, 0.1) is 0 Å². The third-order valence-electron chi connectivity index (χ3n) is 2.22. The number of aromatic nitrogens is 5. The molecular formula is C10H15N7O2. The molecule has 0 spiro atoms. The van der Waals surface area contributed by atoms with Gasteiger partial charge in [0, 0.05) is 6.04 Å². The molecule has 102 valence electrons. The van der Waals surface area contributed by atoms with Gasteiger partial charge in [0.05, 0.1) is 19.5 Å². The molecule has 9 nitrogen and oxygen atoms in total. The molecule has 2 aromatic heterocycles. The van der Waals surface area contributed by atoms with E-state index in [9.17, 15) is 0 Å². The van der Waals surface area contributed by atoms with Crippen LogP contribution in [0.3, 0.4) is 0 Å². The number of hydrogen-bond acceptors (Lipinski definition) is 8. The summed E-state index contributed by atoms with van der Waals surface area (Å²) in [5.41, 5.74) is 2.31. The predicted molar refractivity (Wildman–Crippen MR) is 66.9 cm³/mol. The molecule has 9 heteroatoms. The molecule has 2 heterocycles. The summed E-state index contributed by atoms with van der Waals surface area (Å²) in [6.45, 7) is 4.03. The van der Waals surface area contributed by atoms with Crippen LogP contribution in [0.1, 0.15) is 19.9 Å². The van der Waals surface area contributed by atoms with Gasteiger partial charge in [-0.25, -0.2) is 5.84 Å². The highest BCUT2D eigenvalue weighted by atomic mass is 16.5. The van der Waals surface area contributed by atoms with E-state index in [1.54, 1.807) is 17.1 Å². The smallest absolute Gasteiger partial charge is 0.330 e. The van der Waals surface area contributed by atoms with Gasteiger partial charge in [-0.05, 0) is 13.8 Å². The third kappa shape index (κ3) is 3.07. The van der Waals surface area contributed by atoms with Gasteiger partial charge in [-0.2, -0.15) is 15.1 Å². The highest BCUT2D eigenvalue weighted by Gasteiger charge is 2.10. The lowest BCUT2D eigenvalue weighted by Crippen LogP contribution is -2.12. The quantitative estimate of drug-likeness (QED) is 0.601. The zero-order valence-electron chi connectivity index (χ0n) is 10.9. The topological polar surface area (TPSA) is 113 Å². The van der Waals surface area contributed by atoms with E-state index in [1.165, 1.54) is 7.11 Å². The SMILES string of the molecule is COc1nc(NN)nc(Oc2cnn(C(C)C)c2)n1. The molecule has 0 aliphatic heterocycles. The molecule has 0 amide bonds. The third-order valence-corrected chi connectivity index (χ3v) is 2.22. The minimum atomic E-state index is 0.0723. The average Bonchev–Trinajstić information content (AvgIpc) is 2.87. The Labute approximate surface area is 109 Å². The molecule has 0 radical (unpaired) electrons. The summed E-state index contributed by atoms with van der Waals surface area (Å²) in [4.78, 5) is 11.8. The van der Waals surface area contributed by atoms with E-state index < -0.39 is 0 Å². The monoisotopic (exact) mass is 265 g/mol. The van der Waals surface area contributed by atoms with Crippen LogP contribution >= 0.6 is 0 Å². The lowest BCUT2D eigenvalue weighted by atomic mass is 10.4. The van der Waals surface area contributed by atoms with Gasteiger partial charge in [-0.15, -0.1) is 4.98 Å². The molecule has 0 bridgehead atoms. The standard InChI is InChI=1S/C10H15N7O2/c1-6(2)17-5-7(4-12-17)19-10-14-8(16-11)13-9(15-10)18-3/h4-6H,11H2,1-3H3,(H,13,14,15,16). The molecule has 0 fully saturated rings. The number of hydrazine groups is 1. The Kier molecular flexibility index (Phi) is 3.76. The summed E-state index contributed by atoms with van der Waals surface area (Å²) < 4.78 is 12.2. The zero-order valence-corrected chi connectivity index (χ0v) is 10.9. The van der Waals surface area contributed by atoms with Gasteiger partial charge in [0.1, 0.15) is 0 Å². The van der Waals surface area contributed by atoms with E-state index in [1.807, 2.05) is 13.8 Å². The minimum Gasteiger partial charge on any atom is -0.467 e. The van der Waals surface area contributed by atoms with Gasteiger partial charge in [0.15, 0.2) is 5.75 Å². The van der Waals surface area contributed by atoms with E-state index in [0.29, 0.717) is 5.75 Å². The minimum absolute atomic E-state index is 0.0723. The lowest BCUT2D eigenvalue weighted by Gasteiger charge is -2.05. The molecular weight excluding hydrogens is 250 g/mol. The summed E-state index contributed by atoms with van der Waals surface area (Å²) >= 11 is 0. The van der Waals surface area contributed by atoms with Crippen LogP contribution < -0.4 is 20.7 Å². The maximum absolute atomic E-state index is 5.47. The van der Waals surface area contributed by atoms with Gasteiger partial charge in [0.2, 0.25) is 5.95 Å². The molecule has 2 rings (SSSR count). The summed E-state index contributed by atoms with van der Waals surface area (Å²) in [6, 6.07) is 0.420. The first kappa shape index (κ1) is 13.0. The van der Waals surface area contributed by atoms with Crippen LogP contribution in [0.25, 0.3) is 0 Å². The first-order valence-electron chi connectivity index (χ1n) is 5.61. The first-order chi connectivity index (χ1) is 9.12. The van der Waals surface area contributed by atoms with Gasteiger partial charge in [-0.3, -0.25) is 10.1 Å². The molecule has 0 aliphatic rings. The van der Waals surface area contributed by atoms with Crippen LogP contribution in [0.2, 0.25) is 0 Å². The Bertz CT molecular complexity index is 532. The Morgan fingerprint density at radius 2 is 2.00 bits per heavy atom. The van der Waals surface area contributed by atoms with Crippen molar-refractivity contribution >= 4 is 5.95 Å². The molecule has 0 aromatic carbocycles. The Morgan fingerprint density at radius 3 is 2.58 bits per heavy atom. The van der Waals surface area contributed by atoms with E-state index >= 15 is 0 Å². The number of ether oxygens (including phenoxy) is 2. The zero-order chi connectivity index (χ0) is 13.8. The van der Waals surface area contributed by atoms with Crippen molar-refractivity contribution in [3.63, 3.8) is 0 Å². The Morgan fingerprint density at radius 1 is 1.26 bits per heavy atom. The molecule has 0 atom stereocenters. The fourth-order valence-electron chi connectivity index (χ4n) is 1.30. The van der Waals surface area contributed by atoms with Crippen LogP contribution in [0.4, 0.5) is 5.95 Å². The van der Waals surface area contributed by atoms with Crippen molar-refractivity contribution in [2.24, 2.45) is 5.84 Å². The molecule has 0 saturated heterocycles. The molecule has 0 aliphatic carbocycles. The van der Waals surface area contributed by atoms with E-state index in [4.69, 9.17) is 15.3 Å². The van der Waals surface area contributed by atoms with Crippen LogP contribution in [0.15, 0.2) is 12.4 Å². The second-order valence-corrected chi connectivity index (χ2v) is 3.92. The summed E-state index contributed by atoms with van der Waals surface area (Å²) in [5, 5.41) is 4.15. The second kappa shape index (κ2) is 5.48. The van der Waals surface area contributed by atoms with Gasteiger partial charge in [0.25, 0.3) is 0 Å². The van der Waals surface area contributed by atoms with Gasteiger partial charge in [-0.1, -0.05) is 0 Å². The van der Waals surface area contributed by atoms with Crippen molar-refractivity contribution in [3.8, 4) is 17.8 Å². The van der Waals surface area contributed by atoms with Gasteiger partial charge < -0.3 is 9.47 Å². The van der Waals surface area contributed by atoms with Crippen molar-refractivity contribution < 1.29 is 9.47 Å². The number of rotatable bonds is 5. The summed E-state index contributed by atoms with van der Waals surface area (Å²) in [6.07, 6.45) is 3.32. The second-order valence-electron chi connectivity index (χ2n) is 3.92. The lowest BCUT2D eigenvalue weighted by molar-refractivity contribution is 0.360. The van der Waals surface area contributed by atoms with E-state index in [0.717, 1.165) is 0 Å². The largest absolute Gasteiger partial charge is 0.467 e. The number of nitrogen functional groups attached to an aromatic ring is 1. The number of anilines is 1. The normalized spacial score (nSPS) is 10.6. The number of hydrogen-bond donors (Lipinski definition) is 2. The molecule has 3 N–H and O–H groups in total. The number of nitrogens with one attached hydrogen (secondary N) is 1. The number of nitrogens with two attached hydrogens (primary N) is 1. The van der Waals surface area contributed by atoms with E-state index in [2.05, 4.69) is 25.5 Å².